The van der Waals surface area contributed by atoms with Gasteiger partial charge in [0.25, 0.3) is 0 Å². The fraction of sp³-hybridized carbons (Fsp3) is 0.579. The van der Waals surface area contributed by atoms with Crippen molar-refractivity contribution in [3.05, 3.63) is 34.3 Å². The van der Waals surface area contributed by atoms with Crippen LogP contribution in [0.2, 0.25) is 0 Å². The Hall–Kier alpha value is -1.21. The maximum absolute atomic E-state index is 12.4. The van der Waals surface area contributed by atoms with E-state index in [4.69, 9.17) is 0 Å². The van der Waals surface area contributed by atoms with E-state index in [9.17, 15) is 4.79 Å². The summed E-state index contributed by atoms with van der Waals surface area (Å²) in [5.74, 6) is 0.907. The predicted octanol–water partition coefficient (Wildman–Crippen LogP) is 3.25. The van der Waals surface area contributed by atoms with Crippen molar-refractivity contribution in [2.24, 2.45) is 4.99 Å². The maximum atomic E-state index is 12.4. The van der Waals surface area contributed by atoms with E-state index in [0.29, 0.717) is 25.6 Å². The summed E-state index contributed by atoms with van der Waals surface area (Å²) < 4.78 is 1.03. The van der Waals surface area contributed by atoms with Gasteiger partial charge >= 0.3 is 0 Å². The summed E-state index contributed by atoms with van der Waals surface area (Å²) in [4.78, 5) is 18.4. The molecule has 0 heterocycles. The third-order valence-corrected chi connectivity index (χ3v) is 6.57. The predicted molar refractivity (Wildman–Crippen MR) is 115 cm³/mol. The molecule has 1 aromatic rings. The van der Waals surface area contributed by atoms with E-state index in [-0.39, 0.29) is 5.91 Å². The van der Waals surface area contributed by atoms with Crippen molar-refractivity contribution >= 4 is 39.6 Å². The smallest absolute Gasteiger partial charge is 0.224 e. The van der Waals surface area contributed by atoms with Crippen LogP contribution in [-0.4, -0.2) is 55.0 Å². The SMILES string of the molecule is CN=C(NCCC(=O)N(C)Cc1ccccc1Br)NC1CCC(SC)C1. The number of guanidine groups is 1. The maximum Gasteiger partial charge on any atom is 0.224 e. The molecule has 1 saturated carbocycles. The second kappa shape index (κ2) is 10.8. The Morgan fingerprint density at radius 1 is 1.38 bits per heavy atom. The summed E-state index contributed by atoms with van der Waals surface area (Å²) in [5, 5.41) is 7.49. The van der Waals surface area contributed by atoms with Crippen LogP contribution in [0.25, 0.3) is 0 Å². The molecule has 0 bridgehead atoms. The van der Waals surface area contributed by atoms with Crippen molar-refractivity contribution in [1.82, 2.24) is 15.5 Å². The van der Waals surface area contributed by atoms with Crippen LogP contribution in [0.5, 0.6) is 0 Å². The molecular weight excluding hydrogens is 412 g/mol. The van der Waals surface area contributed by atoms with Gasteiger partial charge in [0.15, 0.2) is 5.96 Å². The normalized spacial score (nSPS) is 20.1. The molecule has 26 heavy (non-hydrogen) atoms. The molecule has 7 heteroatoms. The fourth-order valence-electron chi connectivity index (χ4n) is 3.12. The van der Waals surface area contributed by atoms with Crippen LogP contribution >= 0.6 is 27.7 Å². The largest absolute Gasteiger partial charge is 0.356 e. The number of aliphatic imine (C=N–C) groups is 1. The van der Waals surface area contributed by atoms with E-state index in [1.54, 1.807) is 11.9 Å². The Kier molecular flexibility index (Phi) is 8.78. The van der Waals surface area contributed by atoms with E-state index >= 15 is 0 Å². The standard InChI is InChI=1S/C19H29BrN4OS/c1-21-19(23-15-8-9-16(12-15)26-3)22-11-10-18(25)24(2)13-14-6-4-5-7-17(14)20/h4-7,15-16H,8-13H2,1-3H3,(H2,21,22,23). The number of thioether (sulfide) groups is 1. The highest BCUT2D eigenvalue weighted by Gasteiger charge is 2.24. The van der Waals surface area contributed by atoms with E-state index in [1.807, 2.05) is 43.1 Å². The summed E-state index contributed by atoms with van der Waals surface area (Å²) in [6.07, 6.45) is 6.24. The van der Waals surface area contributed by atoms with Crippen molar-refractivity contribution in [2.75, 3.05) is 26.9 Å². The van der Waals surface area contributed by atoms with Crippen LogP contribution in [0.4, 0.5) is 0 Å². The van der Waals surface area contributed by atoms with Crippen LogP contribution in [0.1, 0.15) is 31.2 Å². The average Bonchev–Trinajstić information content (AvgIpc) is 3.10. The summed E-state index contributed by atoms with van der Waals surface area (Å²) >= 11 is 5.47. The Morgan fingerprint density at radius 3 is 2.81 bits per heavy atom. The minimum absolute atomic E-state index is 0.118. The first-order valence-corrected chi connectivity index (χ1v) is 11.1. The molecular formula is C19H29BrN4OS. The van der Waals surface area contributed by atoms with Crippen LogP contribution in [0, 0.1) is 0 Å². The summed E-state index contributed by atoms with van der Waals surface area (Å²) in [6, 6.07) is 8.47. The van der Waals surface area contributed by atoms with Gasteiger partial charge in [-0.15, -0.1) is 0 Å². The lowest BCUT2D eigenvalue weighted by atomic mass is 10.2. The molecule has 2 unspecified atom stereocenters. The Balaban J connectivity index is 1.72. The molecule has 1 aromatic carbocycles. The van der Waals surface area contributed by atoms with Gasteiger partial charge in [0.2, 0.25) is 5.91 Å². The molecule has 0 saturated heterocycles. The quantitative estimate of drug-likeness (QED) is 0.504. The highest BCUT2D eigenvalue weighted by atomic mass is 79.9. The number of carbonyl (C=O) groups is 1. The van der Waals surface area contributed by atoms with Gasteiger partial charge in [-0.05, 0) is 37.1 Å². The Morgan fingerprint density at radius 2 is 2.15 bits per heavy atom. The van der Waals surface area contributed by atoms with E-state index in [0.717, 1.165) is 21.2 Å². The van der Waals surface area contributed by atoms with E-state index in [2.05, 4.69) is 37.8 Å². The first kappa shape index (κ1) is 21.1. The Labute approximate surface area is 169 Å². The lowest BCUT2D eigenvalue weighted by molar-refractivity contribution is -0.130. The first-order valence-electron chi connectivity index (χ1n) is 9.00. The molecule has 0 spiro atoms. The molecule has 0 radical (unpaired) electrons. The molecule has 144 valence electrons. The van der Waals surface area contributed by atoms with Crippen LogP contribution in [-0.2, 0) is 11.3 Å². The summed E-state index contributed by atoms with van der Waals surface area (Å²) in [7, 11) is 3.62. The molecule has 0 aliphatic heterocycles. The second-order valence-electron chi connectivity index (χ2n) is 6.60. The third kappa shape index (κ3) is 6.50. The van der Waals surface area contributed by atoms with Gasteiger partial charge in [0.05, 0.1) is 0 Å². The zero-order chi connectivity index (χ0) is 18.9. The monoisotopic (exact) mass is 440 g/mol. The average molecular weight is 441 g/mol. The van der Waals surface area contributed by atoms with Crippen molar-refractivity contribution in [1.29, 1.82) is 0 Å². The number of carbonyl (C=O) groups excluding carboxylic acids is 1. The number of nitrogens with zero attached hydrogens (tertiary/aromatic N) is 2. The van der Waals surface area contributed by atoms with Gasteiger partial charge in [0.1, 0.15) is 0 Å². The molecule has 1 amide bonds. The van der Waals surface area contributed by atoms with Gasteiger partial charge in [-0.25, -0.2) is 0 Å². The summed E-state index contributed by atoms with van der Waals surface area (Å²) in [6.45, 7) is 1.18. The van der Waals surface area contributed by atoms with Gasteiger partial charge < -0.3 is 15.5 Å². The van der Waals surface area contributed by atoms with Crippen LogP contribution in [0.3, 0.4) is 0 Å². The molecule has 1 aliphatic carbocycles. The molecule has 1 aliphatic rings. The molecule has 2 atom stereocenters. The topological polar surface area (TPSA) is 56.7 Å². The third-order valence-electron chi connectivity index (χ3n) is 4.70. The van der Waals surface area contributed by atoms with Crippen LogP contribution < -0.4 is 10.6 Å². The van der Waals surface area contributed by atoms with Crippen molar-refractivity contribution < 1.29 is 4.79 Å². The highest BCUT2D eigenvalue weighted by molar-refractivity contribution is 9.10. The number of halogens is 1. The number of hydrogen-bond donors (Lipinski definition) is 2. The number of benzene rings is 1. The number of rotatable bonds is 7. The van der Waals surface area contributed by atoms with Crippen molar-refractivity contribution in [2.45, 2.75) is 43.5 Å². The van der Waals surface area contributed by atoms with Crippen LogP contribution in [0.15, 0.2) is 33.7 Å². The molecule has 5 nitrogen and oxygen atoms in total. The summed E-state index contributed by atoms with van der Waals surface area (Å²) in [5.41, 5.74) is 1.11. The number of hydrogen-bond acceptors (Lipinski definition) is 3. The van der Waals surface area contributed by atoms with Gasteiger partial charge in [0, 0.05) is 49.4 Å². The number of amides is 1. The zero-order valence-corrected chi connectivity index (χ0v) is 18.2. The lowest BCUT2D eigenvalue weighted by Crippen LogP contribution is -2.43. The molecule has 2 rings (SSSR count). The van der Waals surface area contributed by atoms with E-state index < -0.39 is 0 Å². The molecule has 0 aromatic heterocycles. The fourth-order valence-corrected chi connectivity index (χ4v) is 4.33. The second-order valence-corrected chi connectivity index (χ2v) is 8.59. The molecule has 2 N–H and O–H groups in total. The molecule has 1 fully saturated rings. The first-order chi connectivity index (χ1) is 12.5. The van der Waals surface area contributed by atoms with Gasteiger partial charge in [-0.1, -0.05) is 34.1 Å². The minimum atomic E-state index is 0.118. The van der Waals surface area contributed by atoms with E-state index in [1.165, 1.54) is 19.3 Å². The van der Waals surface area contributed by atoms with Gasteiger partial charge in [-0.2, -0.15) is 11.8 Å². The van der Waals surface area contributed by atoms with Gasteiger partial charge in [-0.3, -0.25) is 9.79 Å². The van der Waals surface area contributed by atoms with Crippen molar-refractivity contribution in [3.8, 4) is 0 Å². The van der Waals surface area contributed by atoms with Crippen molar-refractivity contribution in [3.63, 3.8) is 0 Å². The minimum Gasteiger partial charge on any atom is -0.356 e. The highest BCUT2D eigenvalue weighted by Crippen LogP contribution is 2.28. The lowest BCUT2D eigenvalue weighted by Gasteiger charge is -2.20. The number of nitrogens with one attached hydrogen (secondary N) is 2. The zero-order valence-electron chi connectivity index (χ0n) is 15.8. The Bertz CT molecular complexity index is 625.